The van der Waals surface area contributed by atoms with Gasteiger partial charge in [0.1, 0.15) is 11.6 Å². The minimum Gasteiger partial charge on any atom is -0.496 e. The number of amides is 1. The van der Waals surface area contributed by atoms with Gasteiger partial charge >= 0.3 is 5.97 Å². The summed E-state index contributed by atoms with van der Waals surface area (Å²) >= 11 is 3.29. The van der Waals surface area contributed by atoms with E-state index in [4.69, 9.17) is 9.84 Å². The van der Waals surface area contributed by atoms with Crippen LogP contribution < -0.4 is 10.1 Å². The highest BCUT2D eigenvalue weighted by atomic mass is 79.9. The summed E-state index contributed by atoms with van der Waals surface area (Å²) in [6, 6.07) is 9.23. The zero-order valence-corrected chi connectivity index (χ0v) is 12.5. The number of benzene rings is 1. The first kappa shape index (κ1) is 15.0. The van der Waals surface area contributed by atoms with Crippen molar-refractivity contribution in [3.05, 3.63) is 52.1 Å². The van der Waals surface area contributed by atoms with Crippen LogP contribution in [0.5, 0.6) is 5.75 Å². The molecule has 1 aromatic carbocycles. The number of rotatable bonds is 4. The topological polar surface area (TPSA) is 88.5 Å². The molecule has 0 unspecified atom stereocenters. The third-order valence-corrected chi connectivity index (χ3v) is 3.24. The Bertz CT molecular complexity index is 703. The van der Waals surface area contributed by atoms with Gasteiger partial charge in [0.05, 0.1) is 11.6 Å². The molecular formula is C14H11BrN2O4. The van der Waals surface area contributed by atoms with Crippen LogP contribution in [0.25, 0.3) is 0 Å². The van der Waals surface area contributed by atoms with Gasteiger partial charge in [-0.15, -0.1) is 0 Å². The van der Waals surface area contributed by atoms with E-state index in [9.17, 15) is 9.59 Å². The molecule has 0 saturated heterocycles. The van der Waals surface area contributed by atoms with Crippen LogP contribution in [0.2, 0.25) is 0 Å². The number of nitrogens with zero attached hydrogens (tertiary/aromatic N) is 1. The maximum absolute atomic E-state index is 12.1. The van der Waals surface area contributed by atoms with E-state index in [-0.39, 0.29) is 11.5 Å². The molecule has 7 heteroatoms. The number of pyridine rings is 1. The van der Waals surface area contributed by atoms with Gasteiger partial charge in [-0.1, -0.05) is 6.07 Å². The van der Waals surface area contributed by atoms with Gasteiger partial charge in [0.2, 0.25) is 0 Å². The normalized spacial score (nSPS) is 10.0. The molecule has 21 heavy (non-hydrogen) atoms. The Morgan fingerprint density at radius 3 is 2.67 bits per heavy atom. The van der Waals surface area contributed by atoms with Crippen LogP contribution in [0, 0.1) is 0 Å². The van der Waals surface area contributed by atoms with Gasteiger partial charge in [0.25, 0.3) is 5.91 Å². The summed E-state index contributed by atoms with van der Waals surface area (Å²) in [5.41, 5.74) is 0.258. The molecule has 0 aliphatic carbocycles. The first-order valence-corrected chi connectivity index (χ1v) is 6.66. The lowest BCUT2D eigenvalue weighted by atomic mass is 10.2. The molecule has 108 valence electrons. The third kappa shape index (κ3) is 3.57. The number of anilines is 1. The fraction of sp³-hybridized carbons (Fsp3) is 0.0714. The van der Waals surface area contributed by atoms with Gasteiger partial charge < -0.3 is 15.2 Å². The Kier molecular flexibility index (Phi) is 4.54. The highest BCUT2D eigenvalue weighted by Gasteiger charge is 2.11. The molecule has 0 saturated carbocycles. The minimum absolute atomic E-state index is 0.135. The molecule has 1 aromatic heterocycles. The Balaban J connectivity index is 2.20. The first-order chi connectivity index (χ1) is 10.0. The smallest absolute Gasteiger partial charge is 0.354 e. The van der Waals surface area contributed by atoms with E-state index < -0.39 is 11.9 Å². The van der Waals surface area contributed by atoms with E-state index in [1.165, 1.54) is 25.3 Å². The van der Waals surface area contributed by atoms with E-state index in [0.717, 1.165) is 0 Å². The van der Waals surface area contributed by atoms with Gasteiger partial charge in [0.15, 0.2) is 5.69 Å². The number of carboxylic acid groups (broad SMARTS) is 1. The predicted octanol–water partition coefficient (Wildman–Crippen LogP) is 2.80. The van der Waals surface area contributed by atoms with Crippen molar-refractivity contribution in [3.63, 3.8) is 0 Å². The monoisotopic (exact) mass is 350 g/mol. The van der Waals surface area contributed by atoms with Gasteiger partial charge in [-0.25, -0.2) is 9.78 Å². The Morgan fingerprint density at radius 1 is 1.29 bits per heavy atom. The van der Waals surface area contributed by atoms with E-state index in [1.54, 1.807) is 18.2 Å². The highest BCUT2D eigenvalue weighted by molar-refractivity contribution is 9.10. The van der Waals surface area contributed by atoms with Crippen LogP contribution in [-0.2, 0) is 0 Å². The maximum atomic E-state index is 12.1. The molecule has 0 fully saturated rings. The molecule has 6 nitrogen and oxygen atoms in total. The quantitative estimate of drug-likeness (QED) is 0.884. The average Bonchev–Trinajstić information content (AvgIpc) is 2.47. The minimum atomic E-state index is -1.15. The SMILES string of the molecule is COc1ccc(C(=O)Nc2cccc(C(=O)O)n2)cc1Br. The van der Waals surface area contributed by atoms with Crippen molar-refractivity contribution >= 4 is 33.6 Å². The lowest BCUT2D eigenvalue weighted by molar-refractivity contribution is 0.0690. The number of carbonyl (C=O) groups excluding carboxylic acids is 1. The summed E-state index contributed by atoms with van der Waals surface area (Å²) in [7, 11) is 1.53. The summed E-state index contributed by atoms with van der Waals surface area (Å²) in [4.78, 5) is 26.7. The molecule has 1 heterocycles. The van der Waals surface area contributed by atoms with Crippen molar-refractivity contribution in [1.82, 2.24) is 4.98 Å². The number of nitrogens with one attached hydrogen (secondary N) is 1. The number of hydrogen-bond donors (Lipinski definition) is 2. The van der Waals surface area contributed by atoms with Crippen molar-refractivity contribution in [2.45, 2.75) is 0 Å². The van der Waals surface area contributed by atoms with E-state index >= 15 is 0 Å². The van der Waals surface area contributed by atoms with Crippen molar-refractivity contribution in [2.75, 3.05) is 12.4 Å². The van der Waals surface area contributed by atoms with Crippen LogP contribution in [0.3, 0.4) is 0 Å². The number of ether oxygens (including phenoxy) is 1. The number of halogens is 1. The van der Waals surface area contributed by atoms with Gasteiger partial charge in [0, 0.05) is 5.56 Å². The molecule has 0 bridgehead atoms. The van der Waals surface area contributed by atoms with Gasteiger partial charge in [-0.3, -0.25) is 4.79 Å². The van der Waals surface area contributed by atoms with E-state index in [2.05, 4.69) is 26.2 Å². The van der Waals surface area contributed by atoms with Crippen LogP contribution in [0.15, 0.2) is 40.9 Å². The van der Waals surface area contributed by atoms with Crippen molar-refractivity contribution in [3.8, 4) is 5.75 Å². The summed E-state index contributed by atoms with van der Waals surface area (Å²) in [6.07, 6.45) is 0. The number of aromatic carboxylic acids is 1. The second-order valence-corrected chi connectivity index (χ2v) is 4.87. The van der Waals surface area contributed by atoms with Crippen molar-refractivity contribution < 1.29 is 19.4 Å². The molecule has 0 spiro atoms. The molecule has 0 aliphatic heterocycles. The lowest BCUT2D eigenvalue weighted by Gasteiger charge is -2.07. The summed E-state index contributed by atoms with van der Waals surface area (Å²) in [5.74, 6) is -0.768. The Labute approximate surface area is 128 Å². The second kappa shape index (κ2) is 6.36. The van der Waals surface area contributed by atoms with E-state index in [0.29, 0.717) is 15.8 Å². The zero-order chi connectivity index (χ0) is 15.4. The third-order valence-electron chi connectivity index (χ3n) is 2.62. The largest absolute Gasteiger partial charge is 0.496 e. The Hall–Kier alpha value is -2.41. The zero-order valence-electron chi connectivity index (χ0n) is 11.0. The van der Waals surface area contributed by atoms with Crippen LogP contribution in [0.1, 0.15) is 20.8 Å². The van der Waals surface area contributed by atoms with Gasteiger partial charge in [-0.05, 0) is 46.3 Å². The number of methoxy groups -OCH3 is 1. The number of carbonyl (C=O) groups is 2. The first-order valence-electron chi connectivity index (χ1n) is 5.86. The molecule has 0 radical (unpaired) electrons. The van der Waals surface area contributed by atoms with Crippen molar-refractivity contribution in [1.29, 1.82) is 0 Å². The van der Waals surface area contributed by atoms with Crippen molar-refractivity contribution in [2.24, 2.45) is 0 Å². The number of carboxylic acids is 1. The fourth-order valence-corrected chi connectivity index (χ4v) is 2.16. The highest BCUT2D eigenvalue weighted by Crippen LogP contribution is 2.25. The molecule has 0 atom stereocenters. The maximum Gasteiger partial charge on any atom is 0.354 e. The molecule has 2 rings (SSSR count). The Morgan fingerprint density at radius 2 is 2.05 bits per heavy atom. The summed E-state index contributed by atoms with van der Waals surface area (Å²) in [5, 5.41) is 11.4. The van der Waals surface area contributed by atoms with Crippen LogP contribution in [0.4, 0.5) is 5.82 Å². The summed E-state index contributed by atoms with van der Waals surface area (Å²) in [6.45, 7) is 0. The number of aromatic nitrogens is 1. The molecule has 1 amide bonds. The lowest BCUT2D eigenvalue weighted by Crippen LogP contribution is -2.14. The molecule has 2 N–H and O–H groups in total. The number of hydrogen-bond acceptors (Lipinski definition) is 4. The van der Waals surface area contributed by atoms with Gasteiger partial charge in [-0.2, -0.15) is 0 Å². The average molecular weight is 351 g/mol. The molecule has 0 aliphatic rings. The molecular weight excluding hydrogens is 340 g/mol. The fourth-order valence-electron chi connectivity index (χ4n) is 1.62. The summed E-state index contributed by atoms with van der Waals surface area (Å²) < 4.78 is 5.73. The van der Waals surface area contributed by atoms with Crippen LogP contribution in [-0.4, -0.2) is 29.1 Å². The standard InChI is InChI=1S/C14H11BrN2O4/c1-21-11-6-5-8(7-9(11)15)13(18)17-12-4-2-3-10(16-12)14(19)20/h2-7H,1H3,(H,19,20)(H,16,17,18). The molecule has 2 aromatic rings. The van der Waals surface area contributed by atoms with E-state index in [1.807, 2.05) is 0 Å². The van der Waals surface area contributed by atoms with Crippen LogP contribution >= 0.6 is 15.9 Å². The second-order valence-electron chi connectivity index (χ2n) is 4.02. The predicted molar refractivity (Wildman–Crippen MR) is 79.8 cm³/mol.